The van der Waals surface area contributed by atoms with Crippen LogP contribution in [-0.2, 0) is 0 Å². The van der Waals surface area contributed by atoms with Gasteiger partial charge < -0.3 is 5.73 Å². The van der Waals surface area contributed by atoms with Crippen molar-refractivity contribution in [1.29, 1.82) is 0 Å². The third-order valence-electron chi connectivity index (χ3n) is 0.354. The van der Waals surface area contributed by atoms with E-state index in [1.54, 1.807) is 0 Å². The molecule has 0 aromatic rings. The Balaban J connectivity index is 0. The molecule has 1 rings (SSSR count). The average molecular weight is 110 g/mol. The first-order valence-electron chi connectivity index (χ1n) is 2.08. The van der Waals surface area contributed by atoms with E-state index in [4.69, 9.17) is 0 Å². The van der Waals surface area contributed by atoms with Crippen LogP contribution in [0.1, 0.15) is 19.3 Å². The molecule has 0 unspecified atom stereocenters. The van der Waals surface area contributed by atoms with Crippen LogP contribution in [0.5, 0.6) is 0 Å². The number of halogens is 1. The molecule has 0 atom stereocenters. The molecular weight excluding hydrogens is 97.5 g/mol. The van der Waals surface area contributed by atoms with Gasteiger partial charge in [0.15, 0.2) is 0 Å². The molecule has 0 spiro atoms. The topological polar surface area (TPSA) is 26.0 Å². The van der Waals surface area contributed by atoms with Crippen molar-refractivity contribution in [3.8, 4) is 0 Å². The molecule has 1 aliphatic carbocycles. The van der Waals surface area contributed by atoms with Crippen LogP contribution in [0.15, 0.2) is 0 Å². The maximum absolute atomic E-state index is 4.50. The van der Waals surface area contributed by atoms with Crippen LogP contribution < -0.4 is 5.73 Å². The molecule has 0 bridgehead atoms. The SMILES string of the molecule is C1CC1.CN.Cl. The first-order valence-corrected chi connectivity index (χ1v) is 2.08. The minimum atomic E-state index is 0. The first kappa shape index (κ1) is 9.54. The Kier molecular flexibility index (Phi) is 14.3. The zero-order valence-electron chi connectivity index (χ0n) is 4.11. The summed E-state index contributed by atoms with van der Waals surface area (Å²) in [6.07, 6.45) is 4.50. The highest BCUT2D eigenvalue weighted by molar-refractivity contribution is 5.85. The van der Waals surface area contributed by atoms with Gasteiger partial charge in [0.1, 0.15) is 0 Å². The standard InChI is InChI=1S/C3H6.CH5N.ClH/c1-2-3-1;1-2;/h1-3H2;2H2,1H3;1H. The minimum absolute atomic E-state index is 0. The first-order chi connectivity index (χ1) is 2.50. The van der Waals surface area contributed by atoms with E-state index in [0.717, 1.165) is 0 Å². The molecule has 0 heterocycles. The zero-order chi connectivity index (χ0) is 4.12. The van der Waals surface area contributed by atoms with Crippen molar-refractivity contribution in [2.24, 2.45) is 5.73 Å². The summed E-state index contributed by atoms with van der Waals surface area (Å²) in [6, 6.07) is 0. The molecule has 0 aromatic carbocycles. The third kappa shape index (κ3) is 28.7. The molecule has 0 amide bonds. The van der Waals surface area contributed by atoms with E-state index in [1.165, 1.54) is 26.3 Å². The summed E-state index contributed by atoms with van der Waals surface area (Å²) in [5.41, 5.74) is 4.50. The largest absolute Gasteiger partial charge is 0.333 e. The number of hydrogen-bond donors (Lipinski definition) is 1. The van der Waals surface area contributed by atoms with Gasteiger partial charge in [-0.05, 0) is 7.05 Å². The van der Waals surface area contributed by atoms with Crippen LogP contribution >= 0.6 is 12.4 Å². The fourth-order valence-corrected chi connectivity index (χ4v) is 0. The monoisotopic (exact) mass is 109 g/mol. The normalized spacial score (nSPS) is 13.0. The predicted octanol–water partition coefficient (Wildman–Crippen LogP) is 1.17. The van der Waals surface area contributed by atoms with Crippen LogP contribution in [0.2, 0.25) is 0 Å². The van der Waals surface area contributed by atoms with Crippen molar-refractivity contribution in [1.82, 2.24) is 0 Å². The van der Waals surface area contributed by atoms with Crippen LogP contribution in [0.4, 0.5) is 0 Å². The van der Waals surface area contributed by atoms with Crippen molar-refractivity contribution in [3.63, 3.8) is 0 Å². The lowest BCUT2D eigenvalue weighted by atomic mass is 11.0. The molecule has 0 aromatic heterocycles. The molecule has 2 N–H and O–H groups in total. The fraction of sp³-hybridized carbons (Fsp3) is 1.00. The Morgan fingerprint density at radius 3 is 1.17 bits per heavy atom. The molecule has 1 fully saturated rings. The molecule has 0 saturated heterocycles. The molecule has 0 aliphatic heterocycles. The van der Waals surface area contributed by atoms with Gasteiger partial charge in [0, 0.05) is 0 Å². The summed E-state index contributed by atoms with van der Waals surface area (Å²) in [5, 5.41) is 0. The maximum atomic E-state index is 4.50. The molecular formula is C4H12ClN. The Bertz CT molecular complexity index is 12.3. The lowest BCUT2D eigenvalue weighted by Gasteiger charge is -1.19. The molecule has 40 valence electrons. The Hall–Kier alpha value is 0.250. The van der Waals surface area contributed by atoms with Crippen molar-refractivity contribution in [2.75, 3.05) is 7.05 Å². The summed E-state index contributed by atoms with van der Waals surface area (Å²) >= 11 is 0. The fourth-order valence-electron chi connectivity index (χ4n) is 0. The van der Waals surface area contributed by atoms with E-state index in [2.05, 4.69) is 5.73 Å². The number of hydrogen-bond acceptors (Lipinski definition) is 1. The quantitative estimate of drug-likeness (QED) is 0.497. The Morgan fingerprint density at radius 2 is 1.17 bits per heavy atom. The predicted molar refractivity (Wildman–Crippen MR) is 31.2 cm³/mol. The van der Waals surface area contributed by atoms with Crippen LogP contribution in [0.3, 0.4) is 0 Å². The second kappa shape index (κ2) is 8.98. The van der Waals surface area contributed by atoms with E-state index in [0.29, 0.717) is 0 Å². The van der Waals surface area contributed by atoms with Crippen LogP contribution in [0, 0.1) is 0 Å². The van der Waals surface area contributed by atoms with E-state index in [1.807, 2.05) is 0 Å². The number of nitrogens with two attached hydrogens (primary N) is 1. The van der Waals surface area contributed by atoms with Gasteiger partial charge in [0.2, 0.25) is 0 Å². The molecule has 2 heteroatoms. The van der Waals surface area contributed by atoms with Crippen molar-refractivity contribution in [3.05, 3.63) is 0 Å². The molecule has 1 aliphatic rings. The molecule has 0 radical (unpaired) electrons. The minimum Gasteiger partial charge on any atom is -0.333 e. The summed E-state index contributed by atoms with van der Waals surface area (Å²) in [7, 11) is 1.50. The van der Waals surface area contributed by atoms with Gasteiger partial charge >= 0.3 is 0 Å². The van der Waals surface area contributed by atoms with Gasteiger partial charge in [0.25, 0.3) is 0 Å². The van der Waals surface area contributed by atoms with Crippen LogP contribution in [-0.4, -0.2) is 7.05 Å². The van der Waals surface area contributed by atoms with E-state index in [-0.39, 0.29) is 12.4 Å². The van der Waals surface area contributed by atoms with E-state index < -0.39 is 0 Å². The summed E-state index contributed by atoms with van der Waals surface area (Å²) < 4.78 is 0. The second-order valence-corrected chi connectivity index (χ2v) is 1.06. The lowest BCUT2D eigenvalue weighted by Crippen LogP contribution is -1.69. The highest BCUT2D eigenvalue weighted by Gasteiger charge is 1.95. The molecule has 6 heavy (non-hydrogen) atoms. The Labute approximate surface area is 45.3 Å². The number of rotatable bonds is 0. The lowest BCUT2D eigenvalue weighted by molar-refractivity contribution is 1.48. The Morgan fingerprint density at radius 1 is 1.00 bits per heavy atom. The van der Waals surface area contributed by atoms with Crippen molar-refractivity contribution >= 4 is 12.4 Å². The zero-order valence-corrected chi connectivity index (χ0v) is 4.92. The third-order valence-corrected chi connectivity index (χ3v) is 0.354. The van der Waals surface area contributed by atoms with Crippen molar-refractivity contribution in [2.45, 2.75) is 19.3 Å². The van der Waals surface area contributed by atoms with Gasteiger partial charge in [-0.25, -0.2) is 0 Å². The van der Waals surface area contributed by atoms with Gasteiger partial charge in [-0.3, -0.25) is 0 Å². The summed E-state index contributed by atoms with van der Waals surface area (Å²) in [4.78, 5) is 0. The highest BCUT2D eigenvalue weighted by Crippen LogP contribution is 2.14. The molecule has 1 nitrogen and oxygen atoms in total. The van der Waals surface area contributed by atoms with Gasteiger partial charge in [-0.1, -0.05) is 19.3 Å². The van der Waals surface area contributed by atoms with Crippen LogP contribution in [0.25, 0.3) is 0 Å². The summed E-state index contributed by atoms with van der Waals surface area (Å²) in [6.45, 7) is 0. The van der Waals surface area contributed by atoms with Gasteiger partial charge in [0.05, 0.1) is 0 Å². The van der Waals surface area contributed by atoms with Crippen molar-refractivity contribution < 1.29 is 0 Å². The maximum Gasteiger partial charge on any atom is -0.0195 e. The molecule has 1 saturated carbocycles. The highest BCUT2D eigenvalue weighted by atomic mass is 35.5. The second-order valence-electron chi connectivity index (χ2n) is 1.06. The smallest absolute Gasteiger partial charge is 0.0195 e. The van der Waals surface area contributed by atoms with Gasteiger partial charge in [-0.15, -0.1) is 12.4 Å². The van der Waals surface area contributed by atoms with E-state index >= 15 is 0 Å². The van der Waals surface area contributed by atoms with Gasteiger partial charge in [-0.2, -0.15) is 0 Å². The average Bonchev–Trinajstić information content (AvgIpc) is 2.19. The van der Waals surface area contributed by atoms with E-state index in [9.17, 15) is 0 Å². The summed E-state index contributed by atoms with van der Waals surface area (Å²) in [5.74, 6) is 0.